The van der Waals surface area contributed by atoms with Crippen LogP contribution in [0.1, 0.15) is 38.5 Å². The smallest absolute Gasteiger partial charge is 0.296 e. The number of Topliss-reactive ketones (excluding diaryl/α,β-unsaturated/α-hetero) is 2. The predicted octanol–water partition coefficient (Wildman–Crippen LogP) is 2.75. The fraction of sp³-hybridized carbons (Fsp3) is 0.800. The van der Waals surface area contributed by atoms with Crippen LogP contribution in [0.4, 0.5) is 17.6 Å². The molecule has 16 heavy (non-hydrogen) atoms. The van der Waals surface area contributed by atoms with Crippen LogP contribution in [-0.4, -0.2) is 23.4 Å². The second kappa shape index (κ2) is 4.51. The third-order valence-electron chi connectivity index (χ3n) is 2.78. The molecule has 0 radical (unpaired) electrons. The van der Waals surface area contributed by atoms with E-state index in [1.54, 1.807) is 0 Å². The largest absolute Gasteiger partial charge is 0.450 e. The first-order valence-corrected chi connectivity index (χ1v) is 5.08. The summed E-state index contributed by atoms with van der Waals surface area (Å²) in [5.41, 5.74) is -2.22. The van der Waals surface area contributed by atoms with Gasteiger partial charge in [0.1, 0.15) is 0 Å². The van der Waals surface area contributed by atoms with E-state index in [0.717, 1.165) is 6.42 Å². The third kappa shape index (κ3) is 3.02. The Morgan fingerprint density at radius 1 is 1.06 bits per heavy atom. The lowest BCUT2D eigenvalue weighted by atomic mass is 9.82. The van der Waals surface area contributed by atoms with Gasteiger partial charge >= 0.3 is 6.18 Å². The molecule has 0 heterocycles. The Bertz CT molecular complexity index is 290. The van der Waals surface area contributed by atoms with Crippen molar-refractivity contribution < 1.29 is 27.2 Å². The quantitative estimate of drug-likeness (QED) is 0.561. The topological polar surface area (TPSA) is 34.1 Å². The van der Waals surface area contributed by atoms with Crippen molar-refractivity contribution in [3.8, 4) is 0 Å². The number of alkyl halides is 4. The molecule has 0 aromatic rings. The lowest BCUT2D eigenvalue weighted by Gasteiger charge is -2.27. The molecule has 92 valence electrons. The van der Waals surface area contributed by atoms with Gasteiger partial charge in [0.2, 0.25) is 5.78 Å². The van der Waals surface area contributed by atoms with Crippen molar-refractivity contribution in [2.45, 2.75) is 50.4 Å². The molecule has 1 fully saturated rings. The van der Waals surface area contributed by atoms with Crippen molar-refractivity contribution in [1.29, 1.82) is 0 Å². The highest BCUT2D eigenvalue weighted by Crippen LogP contribution is 2.34. The summed E-state index contributed by atoms with van der Waals surface area (Å²) in [6, 6.07) is 0. The number of carbonyl (C=O) groups is 2. The number of hydrogen-bond acceptors (Lipinski definition) is 2. The molecular weight excluding hydrogens is 228 g/mol. The van der Waals surface area contributed by atoms with E-state index in [9.17, 15) is 27.2 Å². The summed E-state index contributed by atoms with van der Waals surface area (Å²) in [5.74, 6) is -3.39. The molecule has 1 aliphatic rings. The molecule has 0 amide bonds. The maximum absolute atomic E-state index is 13.8. The Balaban J connectivity index is 2.61. The Labute approximate surface area is 90.0 Å². The van der Waals surface area contributed by atoms with Gasteiger partial charge in [-0.15, -0.1) is 0 Å². The van der Waals surface area contributed by atoms with E-state index in [1.165, 1.54) is 0 Å². The number of halogens is 4. The molecule has 0 atom stereocenters. The van der Waals surface area contributed by atoms with Gasteiger partial charge in [0, 0.05) is 0 Å². The van der Waals surface area contributed by atoms with Gasteiger partial charge < -0.3 is 0 Å². The zero-order valence-electron chi connectivity index (χ0n) is 8.57. The van der Waals surface area contributed by atoms with E-state index in [1.807, 2.05) is 0 Å². The van der Waals surface area contributed by atoms with Crippen LogP contribution in [0.15, 0.2) is 0 Å². The number of rotatable bonds is 3. The number of ketones is 2. The van der Waals surface area contributed by atoms with Crippen LogP contribution in [0.3, 0.4) is 0 Å². The molecule has 0 aromatic heterocycles. The van der Waals surface area contributed by atoms with Gasteiger partial charge in [-0.25, -0.2) is 4.39 Å². The monoisotopic (exact) mass is 240 g/mol. The van der Waals surface area contributed by atoms with Crippen molar-refractivity contribution in [1.82, 2.24) is 0 Å². The summed E-state index contributed by atoms with van der Waals surface area (Å²) in [4.78, 5) is 21.8. The van der Waals surface area contributed by atoms with E-state index in [4.69, 9.17) is 0 Å². The minimum atomic E-state index is -5.05. The molecule has 2 nitrogen and oxygen atoms in total. The Kier molecular flexibility index (Phi) is 3.70. The van der Waals surface area contributed by atoms with Crippen LogP contribution in [0.25, 0.3) is 0 Å². The van der Waals surface area contributed by atoms with E-state index in [0.29, 0.717) is 12.8 Å². The molecular formula is C10H12F4O2. The maximum atomic E-state index is 13.8. The van der Waals surface area contributed by atoms with Crippen molar-refractivity contribution in [2.24, 2.45) is 0 Å². The minimum absolute atomic E-state index is 0.0724. The average molecular weight is 240 g/mol. The van der Waals surface area contributed by atoms with E-state index in [2.05, 4.69) is 0 Å². The first kappa shape index (κ1) is 13.1. The van der Waals surface area contributed by atoms with Crippen molar-refractivity contribution in [3.05, 3.63) is 0 Å². The van der Waals surface area contributed by atoms with E-state index in [-0.39, 0.29) is 12.8 Å². The van der Waals surface area contributed by atoms with E-state index < -0.39 is 29.8 Å². The standard InChI is InChI=1S/C10H12F4O2/c11-9(4-2-1-3-5-9)7(15)6-8(16)10(12,13)14/h1-6H2. The van der Waals surface area contributed by atoms with Crippen molar-refractivity contribution >= 4 is 11.6 Å². The molecule has 0 saturated heterocycles. The van der Waals surface area contributed by atoms with E-state index >= 15 is 0 Å². The molecule has 0 unspecified atom stereocenters. The van der Waals surface area contributed by atoms with Gasteiger partial charge in [-0.2, -0.15) is 13.2 Å². The van der Waals surface area contributed by atoms with Gasteiger partial charge in [-0.3, -0.25) is 9.59 Å². The van der Waals surface area contributed by atoms with Crippen molar-refractivity contribution in [3.63, 3.8) is 0 Å². The zero-order chi connectivity index (χ0) is 12.4. The van der Waals surface area contributed by atoms with Gasteiger partial charge in [-0.1, -0.05) is 6.42 Å². The summed E-state index contributed by atoms with van der Waals surface area (Å²) >= 11 is 0. The zero-order valence-corrected chi connectivity index (χ0v) is 8.57. The Hall–Kier alpha value is -0.940. The van der Waals surface area contributed by atoms with Crippen LogP contribution in [-0.2, 0) is 9.59 Å². The van der Waals surface area contributed by atoms with Crippen LogP contribution in [0.5, 0.6) is 0 Å². The second-order valence-electron chi connectivity index (χ2n) is 4.05. The van der Waals surface area contributed by atoms with Crippen LogP contribution < -0.4 is 0 Å². The molecule has 0 spiro atoms. The fourth-order valence-electron chi connectivity index (χ4n) is 1.80. The molecule has 0 bridgehead atoms. The van der Waals surface area contributed by atoms with Crippen LogP contribution in [0, 0.1) is 0 Å². The third-order valence-corrected chi connectivity index (χ3v) is 2.78. The highest BCUT2D eigenvalue weighted by molar-refractivity contribution is 6.05. The normalized spacial score (nSPS) is 20.5. The lowest BCUT2D eigenvalue weighted by Crippen LogP contribution is -2.39. The first-order valence-electron chi connectivity index (χ1n) is 5.08. The van der Waals surface area contributed by atoms with Crippen molar-refractivity contribution in [2.75, 3.05) is 0 Å². The first-order chi connectivity index (χ1) is 7.26. The lowest BCUT2D eigenvalue weighted by molar-refractivity contribution is -0.173. The number of carbonyl (C=O) groups excluding carboxylic acids is 2. The fourth-order valence-corrected chi connectivity index (χ4v) is 1.80. The highest BCUT2D eigenvalue weighted by Gasteiger charge is 2.45. The predicted molar refractivity (Wildman–Crippen MR) is 47.6 cm³/mol. The second-order valence-corrected chi connectivity index (χ2v) is 4.05. The molecule has 1 aliphatic carbocycles. The number of hydrogen-bond donors (Lipinski definition) is 0. The summed E-state index contributed by atoms with van der Waals surface area (Å²) in [5, 5.41) is 0. The SMILES string of the molecule is O=C(CC(=O)C1(F)CCCCC1)C(F)(F)F. The maximum Gasteiger partial charge on any atom is 0.450 e. The van der Waals surface area contributed by atoms with Crippen LogP contribution in [0.2, 0.25) is 0 Å². The minimum Gasteiger partial charge on any atom is -0.296 e. The molecule has 0 aromatic carbocycles. The molecule has 1 rings (SSSR count). The summed E-state index contributed by atoms with van der Waals surface area (Å²) in [6.45, 7) is 0. The van der Waals surface area contributed by atoms with Gasteiger partial charge in [0.15, 0.2) is 11.5 Å². The van der Waals surface area contributed by atoms with Gasteiger partial charge in [0.25, 0.3) is 0 Å². The highest BCUT2D eigenvalue weighted by atomic mass is 19.4. The Morgan fingerprint density at radius 2 is 1.56 bits per heavy atom. The molecule has 1 saturated carbocycles. The van der Waals surface area contributed by atoms with Crippen LogP contribution >= 0.6 is 0 Å². The molecule has 0 N–H and O–H groups in total. The summed E-state index contributed by atoms with van der Waals surface area (Å²) in [7, 11) is 0. The molecule has 6 heteroatoms. The summed E-state index contributed by atoms with van der Waals surface area (Å²) < 4.78 is 49.5. The Morgan fingerprint density at radius 3 is 2.00 bits per heavy atom. The molecule has 0 aliphatic heterocycles. The van der Waals surface area contributed by atoms with Gasteiger partial charge in [0.05, 0.1) is 6.42 Å². The average Bonchev–Trinajstić information content (AvgIpc) is 2.17. The van der Waals surface area contributed by atoms with Gasteiger partial charge in [-0.05, 0) is 25.7 Å². The summed E-state index contributed by atoms with van der Waals surface area (Å²) in [6.07, 6.45) is -4.86.